The molecule has 0 amide bonds. The molecular formula is C45H62O25. The topological polar surface area (TPSA) is 433 Å². The van der Waals surface area contributed by atoms with Crippen LogP contribution in [0.4, 0.5) is 0 Å². The van der Waals surface area contributed by atoms with Crippen molar-refractivity contribution in [1.29, 1.82) is 0 Å². The van der Waals surface area contributed by atoms with Crippen LogP contribution in [-0.2, 0) is 38.0 Å². The Bertz CT molecular complexity index is 2040. The lowest BCUT2D eigenvalue weighted by atomic mass is 9.99. The Kier molecular flexibility index (Phi) is 26.3. The highest BCUT2D eigenvalue weighted by Gasteiger charge is 2.45. The Labute approximate surface area is 400 Å². The van der Waals surface area contributed by atoms with Crippen molar-refractivity contribution in [1.82, 2.24) is 0 Å². The highest BCUT2D eigenvalue weighted by Crippen LogP contribution is 2.27. The molecule has 0 bridgehead atoms. The minimum atomic E-state index is -1.64. The van der Waals surface area contributed by atoms with Crippen LogP contribution >= 0.6 is 0 Å². The number of aliphatic hydroxyl groups excluding tert-OH is 13. The van der Waals surface area contributed by atoms with Gasteiger partial charge in [-0.15, -0.1) is 0 Å². The number of hydrogen-bond acceptors (Lipinski definition) is 25. The summed E-state index contributed by atoms with van der Waals surface area (Å²) < 4.78 is 31.0. The number of aromatic hydroxyl groups is 4. The summed E-state index contributed by atoms with van der Waals surface area (Å²) >= 11 is 0. The van der Waals surface area contributed by atoms with Gasteiger partial charge in [-0.25, -0.2) is 9.59 Å². The molecule has 0 aromatic heterocycles. The molecule has 0 aliphatic carbocycles. The molecular weight excluding hydrogens is 940 g/mol. The summed E-state index contributed by atoms with van der Waals surface area (Å²) in [6, 6.07) is 7.89. The van der Waals surface area contributed by atoms with Gasteiger partial charge in [-0.05, 0) is 64.3 Å². The molecule has 25 heteroatoms. The molecule has 2 aromatic rings. The second-order valence-corrected chi connectivity index (χ2v) is 15.3. The van der Waals surface area contributed by atoms with Crippen LogP contribution in [0.2, 0.25) is 0 Å². The van der Waals surface area contributed by atoms with Gasteiger partial charge in [-0.1, -0.05) is 31.9 Å². The smallest absolute Gasteiger partial charge is 0.331 e. The van der Waals surface area contributed by atoms with Crippen molar-refractivity contribution in [3.8, 4) is 23.0 Å². The van der Waals surface area contributed by atoms with Crippen LogP contribution in [0.5, 0.6) is 23.0 Å². The van der Waals surface area contributed by atoms with Gasteiger partial charge in [0.1, 0.15) is 67.6 Å². The Morgan fingerprint density at radius 3 is 1.41 bits per heavy atom. The van der Waals surface area contributed by atoms with E-state index in [1.54, 1.807) is 0 Å². The standard InChI is InChI=1S/2C20H26O11.C5H10O3/c1-10(8-29-16(25)5-3-11-2-4-12(22)13(23)6-11)14(24)9-30-20-19(28)18(27)17(26)15(7-21)31-20;1-10(7-21)15(9-29-20-19(28)18(27)17(26)14(8-22)31-20)30-16(25)5-3-11-2-4-12(23)13(24)6-11;1-4(2-6)5(8)3-7/h2*2-6,14-15,17-24,26-28H,1,7-9H2;5-8H,1-3H2/b2*5-3+;/t2*14?,15?,17-,18-,19?,20-;/m11./s1. The largest absolute Gasteiger partial charge is 0.504 e. The normalized spacial score (nSPS) is 25.6. The SMILES string of the molecule is C=C(CO)C(CO[C@@H]1OC(CO)[C@@H](O)[C@@H](O)C1O)OC(=O)/C=C/c1ccc(O)c(O)c1.C=C(CO)C(O)CO.C=C(COC(=O)/C=C/c1ccc(O)c(O)c1)C(O)CO[C@@H]1OC(CO)[C@@H](O)[C@@H](O)C1O. The van der Waals surface area contributed by atoms with E-state index in [-0.39, 0.29) is 59.5 Å². The van der Waals surface area contributed by atoms with Crippen molar-refractivity contribution in [2.24, 2.45) is 0 Å². The quantitative estimate of drug-likeness (QED) is 0.0243. The first-order valence-corrected chi connectivity index (χ1v) is 20.9. The summed E-state index contributed by atoms with van der Waals surface area (Å²) in [5.74, 6) is -2.91. The second-order valence-electron chi connectivity index (χ2n) is 15.3. The molecule has 2 saturated heterocycles. The zero-order valence-corrected chi connectivity index (χ0v) is 37.4. The molecule has 0 radical (unpaired) electrons. The van der Waals surface area contributed by atoms with Crippen molar-refractivity contribution in [2.75, 3.05) is 52.9 Å². The third-order valence-electron chi connectivity index (χ3n) is 9.98. The maximum Gasteiger partial charge on any atom is 0.331 e. The number of benzene rings is 2. The molecule has 17 N–H and O–H groups in total. The summed E-state index contributed by atoms with van der Waals surface area (Å²) in [5, 5.41) is 159. The molecule has 0 spiro atoms. The van der Waals surface area contributed by atoms with Crippen molar-refractivity contribution < 1.29 is 125 Å². The summed E-state index contributed by atoms with van der Waals surface area (Å²) in [4.78, 5) is 23.9. The molecule has 4 rings (SSSR count). The van der Waals surface area contributed by atoms with E-state index in [0.29, 0.717) is 11.1 Å². The minimum Gasteiger partial charge on any atom is -0.504 e. The summed E-state index contributed by atoms with van der Waals surface area (Å²) in [6.07, 6.45) is -13.4. The molecule has 2 aromatic carbocycles. The Balaban J connectivity index is 0.000000415. The number of carbonyl (C=O) groups is 2. The van der Waals surface area contributed by atoms with Gasteiger partial charge >= 0.3 is 11.9 Å². The molecule has 2 fully saturated rings. The van der Waals surface area contributed by atoms with Gasteiger partial charge in [0.25, 0.3) is 0 Å². The maximum absolute atomic E-state index is 12.1. The van der Waals surface area contributed by atoms with E-state index < -0.39 is 125 Å². The van der Waals surface area contributed by atoms with Crippen molar-refractivity contribution in [3.05, 3.63) is 96.1 Å². The van der Waals surface area contributed by atoms with Gasteiger partial charge in [-0.3, -0.25) is 0 Å². The van der Waals surface area contributed by atoms with E-state index in [1.165, 1.54) is 48.6 Å². The van der Waals surface area contributed by atoms with E-state index in [4.69, 9.17) is 48.8 Å². The Morgan fingerprint density at radius 2 is 1.01 bits per heavy atom. The lowest BCUT2D eigenvalue weighted by Crippen LogP contribution is -2.59. The van der Waals surface area contributed by atoms with Crippen LogP contribution in [0.25, 0.3) is 12.2 Å². The lowest BCUT2D eigenvalue weighted by Gasteiger charge is -2.39. The molecule has 2 aliphatic heterocycles. The van der Waals surface area contributed by atoms with Gasteiger partial charge in [0, 0.05) is 12.2 Å². The summed E-state index contributed by atoms with van der Waals surface area (Å²) in [5.41, 5.74) is 1.25. The summed E-state index contributed by atoms with van der Waals surface area (Å²) in [7, 11) is 0. The average Bonchev–Trinajstić information content (AvgIpc) is 3.35. The molecule has 7 unspecified atom stereocenters. The van der Waals surface area contributed by atoms with Crippen LogP contribution in [0.3, 0.4) is 0 Å². The van der Waals surface area contributed by atoms with E-state index in [1.807, 2.05) is 0 Å². The van der Waals surface area contributed by atoms with Crippen molar-refractivity contribution >= 4 is 24.1 Å². The van der Waals surface area contributed by atoms with E-state index >= 15 is 0 Å². The first kappa shape index (κ1) is 60.7. The van der Waals surface area contributed by atoms with Crippen LogP contribution in [0.1, 0.15) is 11.1 Å². The fourth-order valence-electron chi connectivity index (χ4n) is 5.57. The average molecular weight is 1000 g/mol. The zero-order chi connectivity index (χ0) is 52.8. The van der Waals surface area contributed by atoms with E-state index in [9.17, 15) is 76.0 Å². The number of hydrogen-bond donors (Lipinski definition) is 17. The second kappa shape index (κ2) is 30.4. The molecule has 392 valence electrons. The highest BCUT2D eigenvalue weighted by molar-refractivity contribution is 5.88. The molecule has 2 aliphatic rings. The molecule has 13 atom stereocenters. The molecule has 70 heavy (non-hydrogen) atoms. The van der Waals surface area contributed by atoms with Gasteiger partial charge in [-0.2, -0.15) is 0 Å². The maximum atomic E-state index is 12.1. The van der Waals surface area contributed by atoms with Crippen LogP contribution in [0.15, 0.2) is 85.0 Å². The number of ether oxygens (including phenoxy) is 6. The van der Waals surface area contributed by atoms with Crippen LogP contribution in [0, 0.1) is 0 Å². The number of rotatable bonds is 21. The third-order valence-corrected chi connectivity index (χ3v) is 9.98. The Morgan fingerprint density at radius 1 is 0.571 bits per heavy atom. The first-order valence-electron chi connectivity index (χ1n) is 20.9. The number of phenolic OH excluding ortho intramolecular Hbond substituents is 4. The van der Waals surface area contributed by atoms with Gasteiger partial charge in [0.05, 0.1) is 52.4 Å². The number of carbonyl (C=O) groups excluding carboxylic acids is 2. The monoisotopic (exact) mass is 1000 g/mol. The number of phenols is 4. The Hall–Kier alpha value is -5.40. The first-order chi connectivity index (χ1) is 33.0. The fourth-order valence-corrected chi connectivity index (χ4v) is 5.57. The van der Waals surface area contributed by atoms with E-state index in [0.717, 1.165) is 12.2 Å². The van der Waals surface area contributed by atoms with Crippen LogP contribution in [-0.4, -0.2) is 231 Å². The number of aliphatic hydroxyl groups is 13. The van der Waals surface area contributed by atoms with Crippen molar-refractivity contribution in [2.45, 2.75) is 79.7 Å². The predicted octanol–water partition coefficient (Wildman–Crippen LogP) is -4.34. The molecule has 0 saturated carbocycles. The van der Waals surface area contributed by atoms with Crippen molar-refractivity contribution in [3.63, 3.8) is 0 Å². The fraction of sp³-hybridized carbons (Fsp3) is 0.467. The summed E-state index contributed by atoms with van der Waals surface area (Å²) in [6.45, 7) is 6.82. The predicted molar refractivity (Wildman–Crippen MR) is 239 cm³/mol. The molecule has 2 heterocycles. The zero-order valence-electron chi connectivity index (χ0n) is 37.4. The number of esters is 2. The third kappa shape index (κ3) is 19.1. The van der Waals surface area contributed by atoms with Crippen LogP contribution < -0.4 is 0 Å². The van der Waals surface area contributed by atoms with Gasteiger partial charge < -0.3 is 115 Å². The highest BCUT2D eigenvalue weighted by atomic mass is 16.7. The molecule has 25 nitrogen and oxygen atoms in total. The lowest BCUT2D eigenvalue weighted by molar-refractivity contribution is -0.304. The van der Waals surface area contributed by atoms with Gasteiger partial charge in [0.2, 0.25) is 0 Å². The van der Waals surface area contributed by atoms with Gasteiger partial charge in [0.15, 0.2) is 35.6 Å². The van der Waals surface area contributed by atoms with E-state index in [2.05, 4.69) is 19.7 Å². The minimum absolute atomic E-state index is 0.0774.